The van der Waals surface area contributed by atoms with Gasteiger partial charge in [0.2, 0.25) is 0 Å². The molecule has 5 heteroatoms. The van der Waals surface area contributed by atoms with E-state index < -0.39 is 5.60 Å². The van der Waals surface area contributed by atoms with E-state index in [1.165, 1.54) is 16.6 Å². The molecular formula is C26H29N3O2. The second kappa shape index (κ2) is 7.26. The topological polar surface area (TPSA) is 58.2 Å². The number of rotatable bonds is 2. The smallest absolute Gasteiger partial charge is 0.411 e. The SMILES string of the molecule is Cc1ccc(/C=C/c2cccc3c4c([nH]c23)CC2CCC4N2C(=O)OC(C)(C)C)cn1. The van der Waals surface area contributed by atoms with Crippen molar-refractivity contribution < 1.29 is 9.53 Å². The molecule has 2 unspecified atom stereocenters. The molecule has 1 aromatic carbocycles. The van der Waals surface area contributed by atoms with Crippen LogP contribution in [0.1, 0.15) is 67.7 Å². The van der Waals surface area contributed by atoms with Crippen molar-refractivity contribution in [3.05, 3.63) is 64.6 Å². The van der Waals surface area contributed by atoms with Gasteiger partial charge in [-0.05, 0) is 57.7 Å². The third kappa shape index (κ3) is 3.62. The predicted octanol–water partition coefficient (Wildman–Crippen LogP) is 6.04. The number of H-pyrrole nitrogens is 1. The molecular weight excluding hydrogens is 386 g/mol. The molecule has 0 aliphatic carbocycles. The Morgan fingerprint density at radius 2 is 2.03 bits per heavy atom. The number of hydrogen-bond acceptors (Lipinski definition) is 3. The van der Waals surface area contributed by atoms with Crippen LogP contribution in [0, 0.1) is 6.92 Å². The summed E-state index contributed by atoms with van der Waals surface area (Å²) in [5.41, 5.74) is 6.42. The van der Waals surface area contributed by atoms with E-state index >= 15 is 0 Å². The summed E-state index contributed by atoms with van der Waals surface area (Å²) in [6, 6.07) is 10.8. The molecule has 3 aromatic rings. The quantitative estimate of drug-likeness (QED) is 0.555. The van der Waals surface area contributed by atoms with Gasteiger partial charge in [0, 0.05) is 41.0 Å². The van der Waals surface area contributed by atoms with Crippen LogP contribution in [0.5, 0.6) is 0 Å². The van der Waals surface area contributed by atoms with Crippen molar-refractivity contribution in [2.45, 2.75) is 64.6 Å². The number of nitrogens with zero attached hydrogens (tertiary/aromatic N) is 2. The summed E-state index contributed by atoms with van der Waals surface area (Å²) in [4.78, 5) is 23.0. The fraction of sp³-hybridized carbons (Fsp3) is 0.385. The monoisotopic (exact) mass is 415 g/mol. The number of aryl methyl sites for hydroxylation is 1. The average molecular weight is 416 g/mol. The Bertz CT molecular complexity index is 1170. The lowest BCUT2D eigenvalue weighted by molar-refractivity contribution is 0.0125. The highest BCUT2D eigenvalue weighted by molar-refractivity contribution is 5.94. The number of aromatic amines is 1. The van der Waals surface area contributed by atoms with Crippen LogP contribution in [0.15, 0.2) is 36.5 Å². The lowest BCUT2D eigenvalue weighted by Crippen LogP contribution is -2.44. The van der Waals surface area contributed by atoms with Crippen LogP contribution in [0.25, 0.3) is 23.1 Å². The summed E-state index contributed by atoms with van der Waals surface area (Å²) in [6.07, 6.45) is 8.80. The number of ether oxygens (including phenoxy) is 1. The van der Waals surface area contributed by atoms with E-state index in [1.807, 2.05) is 44.9 Å². The van der Waals surface area contributed by atoms with Crippen molar-refractivity contribution in [2.24, 2.45) is 0 Å². The molecule has 5 nitrogen and oxygen atoms in total. The molecule has 160 valence electrons. The Kier molecular flexibility index (Phi) is 4.65. The Hall–Kier alpha value is -3.08. The van der Waals surface area contributed by atoms with Gasteiger partial charge in [-0.15, -0.1) is 0 Å². The first-order chi connectivity index (χ1) is 14.8. The minimum Gasteiger partial charge on any atom is -0.444 e. The number of benzene rings is 1. The zero-order chi connectivity index (χ0) is 21.8. The molecule has 4 heterocycles. The maximum Gasteiger partial charge on any atom is 0.411 e. The Balaban J connectivity index is 1.51. The van der Waals surface area contributed by atoms with E-state index in [1.54, 1.807) is 0 Å². The molecule has 0 radical (unpaired) electrons. The van der Waals surface area contributed by atoms with E-state index in [9.17, 15) is 4.79 Å². The maximum atomic E-state index is 13.0. The second-order valence-electron chi connectivity index (χ2n) is 9.69. The van der Waals surface area contributed by atoms with Crippen LogP contribution in [0.2, 0.25) is 0 Å². The minimum absolute atomic E-state index is 0.0814. The van der Waals surface area contributed by atoms with E-state index in [-0.39, 0.29) is 18.2 Å². The third-order valence-corrected chi connectivity index (χ3v) is 6.26. The molecule has 0 spiro atoms. The van der Waals surface area contributed by atoms with Gasteiger partial charge >= 0.3 is 6.09 Å². The predicted molar refractivity (Wildman–Crippen MR) is 124 cm³/mol. The first kappa shape index (κ1) is 19.9. The van der Waals surface area contributed by atoms with E-state index in [0.29, 0.717) is 0 Å². The Morgan fingerprint density at radius 1 is 1.19 bits per heavy atom. The Morgan fingerprint density at radius 3 is 2.77 bits per heavy atom. The molecule has 2 bridgehead atoms. The van der Waals surface area contributed by atoms with Gasteiger partial charge in [-0.25, -0.2) is 4.79 Å². The van der Waals surface area contributed by atoms with E-state index in [0.717, 1.165) is 41.6 Å². The van der Waals surface area contributed by atoms with Crippen molar-refractivity contribution in [1.29, 1.82) is 0 Å². The molecule has 1 saturated heterocycles. The summed E-state index contributed by atoms with van der Waals surface area (Å²) in [5, 5.41) is 1.21. The number of aromatic nitrogens is 2. The van der Waals surface area contributed by atoms with Gasteiger partial charge in [0.05, 0.1) is 11.6 Å². The standard InChI is InChI=1S/C26H29N3O2/c1-16-8-9-17(15-27-16)10-11-18-6-5-7-20-23-21(28-24(18)20)14-19-12-13-22(23)29(19)25(30)31-26(2,3)4/h5-11,15,19,22,28H,12-14H2,1-4H3/b11-10+. The van der Waals surface area contributed by atoms with Gasteiger partial charge in [-0.3, -0.25) is 9.88 Å². The fourth-order valence-corrected chi connectivity index (χ4v) is 4.95. The normalized spacial score (nSPS) is 20.5. The maximum absolute atomic E-state index is 13.0. The summed E-state index contributed by atoms with van der Waals surface area (Å²) >= 11 is 0. The Labute approximate surface area is 183 Å². The number of amides is 1. The summed E-state index contributed by atoms with van der Waals surface area (Å²) < 4.78 is 5.74. The van der Waals surface area contributed by atoms with E-state index in [4.69, 9.17) is 4.74 Å². The van der Waals surface area contributed by atoms with Crippen LogP contribution in [0.4, 0.5) is 4.79 Å². The summed E-state index contributed by atoms with van der Waals surface area (Å²) in [6.45, 7) is 7.77. The average Bonchev–Trinajstić information content (AvgIpc) is 3.24. The van der Waals surface area contributed by atoms with Crippen LogP contribution < -0.4 is 0 Å². The highest BCUT2D eigenvalue weighted by Crippen LogP contribution is 2.47. The first-order valence-corrected chi connectivity index (χ1v) is 11.1. The molecule has 0 saturated carbocycles. The van der Waals surface area contributed by atoms with Crippen molar-refractivity contribution >= 4 is 29.1 Å². The van der Waals surface area contributed by atoms with Crippen LogP contribution in [-0.2, 0) is 11.2 Å². The van der Waals surface area contributed by atoms with Crippen molar-refractivity contribution in [1.82, 2.24) is 14.9 Å². The number of nitrogens with one attached hydrogen (secondary N) is 1. The fourth-order valence-electron chi connectivity index (χ4n) is 4.95. The number of carbonyl (C=O) groups is 1. The van der Waals surface area contributed by atoms with Crippen molar-refractivity contribution in [2.75, 3.05) is 0 Å². The van der Waals surface area contributed by atoms with Gasteiger partial charge < -0.3 is 9.72 Å². The molecule has 2 aromatic heterocycles. The number of carbonyl (C=O) groups excluding carboxylic acids is 1. The summed E-state index contributed by atoms with van der Waals surface area (Å²) in [5.74, 6) is 0. The lowest BCUT2D eigenvalue weighted by Gasteiger charge is -2.36. The number of pyridine rings is 1. The third-order valence-electron chi connectivity index (χ3n) is 6.26. The highest BCUT2D eigenvalue weighted by Gasteiger charge is 2.45. The van der Waals surface area contributed by atoms with Crippen LogP contribution in [0.3, 0.4) is 0 Å². The molecule has 2 atom stereocenters. The van der Waals surface area contributed by atoms with E-state index in [2.05, 4.69) is 46.4 Å². The van der Waals surface area contributed by atoms with Gasteiger partial charge in [0.25, 0.3) is 0 Å². The zero-order valence-corrected chi connectivity index (χ0v) is 18.6. The number of para-hydroxylation sites is 1. The molecule has 1 N–H and O–H groups in total. The van der Waals surface area contributed by atoms with Gasteiger partial charge in [-0.2, -0.15) is 0 Å². The molecule has 2 aliphatic heterocycles. The molecule has 2 aliphatic rings. The molecule has 1 amide bonds. The molecule has 1 fully saturated rings. The second-order valence-corrected chi connectivity index (χ2v) is 9.69. The largest absolute Gasteiger partial charge is 0.444 e. The summed E-state index contributed by atoms with van der Waals surface area (Å²) in [7, 11) is 0. The van der Waals surface area contributed by atoms with Gasteiger partial charge in [0.15, 0.2) is 0 Å². The molecule has 5 rings (SSSR count). The minimum atomic E-state index is -0.486. The van der Waals surface area contributed by atoms with Crippen molar-refractivity contribution in [3.63, 3.8) is 0 Å². The number of hydrogen-bond donors (Lipinski definition) is 1. The number of fused-ring (bicyclic) bond motifs is 6. The van der Waals surface area contributed by atoms with Crippen molar-refractivity contribution in [3.8, 4) is 0 Å². The van der Waals surface area contributed by atoms with Crippen LogP contribution >= 0.6 is 0 Å². The van der Waals surface area contributed by atoms with Gasteiger partial charge in [0.1, 0.15) is 5.60 Å². The van der Waals surface area contributed by atoms with Gasteiger partial charge in [-0.1, -0.05) is 36.4 Å². The molecule has 31 heavy (non-hydrogen) atoms. The highest BCUT2D eigenvalue weighted by atomic mass is 16.6. The lowest BCUT2D eigenvalue weighted by atomic mass is 9.96. The first-order valence-electron chi connectivity index (χ1n) is 11.1. The zero-order valence-electron chi connectivity index (χ0n) is 18.6. The van der Waals surface area contributed by atoms with Crippen LogP contribution in [-0.4, -0.2) is 32.6 Å².